The third-order valence-corrected chi connectivity index (χ3v) is 1.28. The van der Waals surface area contributed by atoms with Gasteiger partial charge in [0.1, 0.15) is 5.75 Å². The maximum absolute atomic E-state index is 9.98. The molecule has 0 aliphatic carbocycles. The summed E-state index contributed by atoms with van der Waals surface area (Å²) in [6.07, 6.45) is 0. The maximum atomic E-state index is 9.98. The molecule has 0 amide bonds. The molecule has 0 aromatic heterocycles. The molecule has 1 aromatic rings. The molecule has 0 saturated heterocycles. The van der Waals surface area contributed by atoms with Gasteiger partial charge in [0.25, 0.3) is 0 Å². The Morgan fingerprint density at radius 2 is 1.64 bits per heavy atom. The van der Waals surface area contributed by atoms with E-state index in [0.29, 0.717) is 5.75 Å². The van der Waals surface area contributed by atoms with E-state index in [4.69, 9.17) is 0 Å². The molecule has 0 bridgehead atoms. The van der Waals surface area contributed by atoms with Crippen LogP contribution in [0, 0.1) is 0 Å². The van der Waals surface area contributed by atoms with Crippen LogP contribution < -0.4 is 14.3 Å². The summed E-state index contributed by atoms with van der Waals surface area (Å²) < 4.78 is 4.37. The molecular formula is C6H5CaO3P. The van der Waals surface area contributed by atoms with Crippen molar-refractivity contribution in [3.05, 3.63) is 30.3 Å². The van der Waals surface area contributed by atoms with E-state index in [-0.39, 0.29) is 37.7 Å². The van der Waals surface area contributed by atoms with Gasteiger partial charge in [0, 0.05) is 0 Å². The van der Waals surface area contributed by atoms with Gasteiger partial charge in [0.2, 0.25) is 0 Å². The Hall–Kier alpha value is 0.630. The van der Waals surface area contributed by atoms with Gasteiger partial charge in [-0.2, -0.15) is 0 Å². The Kier molecular flexibility index (Phi) is 6.53. The first kappa shape index (κ1) is 11.6. The molecule has 0 spiro atoms. The first-order chi connectivity index (χ1) is 4.79. The molecule has 0 unspecified atom stereocenters. The van der Waals surface area contributed by atoms with Crippen molar-refractivity contribution >= 4 is 46.3 Å². The molecule has 0 aliphatic heterocycles. The van der Waals surface area contributed by atoms with Crippen molar-refractivity contribution in [2.45, 2.75) is 0 Å². The largest absolute Gasteiger partial charge is 2.00 e. The van der Waals surface area contributed by atoms with Gasteiger partial charge in [-0.15, -0.1) is 0 Å². The fourth-order valence-corrected chi connectivity index (χ4v) is 0.861. The van der Waals surface area contributed by atoms with Gasteiger partial charge < -0.3 is 14.3 Å². The standard InChI is InChI=1S/C6H5O3P.Ca/c7-10(8)9-6-4-2-1-3-5-6;/h1-5H;/q-2;+2. The summed E-state index contributed by atoms with van der Waals surface area (Å²) >= 11 is 0. The van der Waals surface area contributed by atoms with Crippen LogP contribution in [0.15, 0.2) is 30.3 Å². The van der Waals surface area contributed by atoms with Crippen molar-refractivity contribution in [3.63, 3.8) is 0 Å². The third-order valence-electron chi connectivity index (χ3n) is 0.923. The van der Waals surface area contributed by atoms with E-state index in [9.17, 15) is 9.79 Å². The zero-order valence-corrected chi connectivity index (χ0v) is 8.87. The molecule has 0 saturated carbocycles. The Balaban J connectivity index is 0.000001000. The van der Waals surface area contributed by atoms with Crippen LogP contribution in [0.25, 0.3) is 0 Å². The smallest absolute Gasteiger partial charge is 0.810 e. The molecule has 5 heteroatoms. The number of rotatable bonds is 2. The second-order valence-corrected chi connectivity index (χ2v) is 2.26. The van der Waals surface area contributed by atoms with Crippen LogP contribution in [0.3, 0.4) is 0 Å². The van der Waals surface area contributed by atoms with E-state index in [2.05, 4.69) is 4.52 Å². The summed E-state index contributed by atoms with van der Waals surface area (Å²) in [4.78, 5) is 20.0. The zero-order chi connectivity index (χ0) is 7.40. The summed E-state index contributed by atoms with van der Waals surface area (Å²) in [6.45, 7) is 0. The second kappa shape index (κ2) is 6.18. The number of para-hydroxylation sites is 1. The Labute approximate surface area is 96.0 Å². The minimum atomic E-state index is -2.78. The van der Waals surface area contributed by atoms with Crippen LogP contribution >= 0.6 is 8.60 Å². The SMILES string of the molecule is [Ca+2].[O-]P([O-])Oc1ccccc1. The quantitative estimate of drug-likeness (QED) is 0.479. The molecule has 0 atom stereocenters. The maximum Gasteiger partial charge on any atom is 2.00 e. The third kappa shape index (κ3) is 4.96. The Morgan fingerprint density at radius 3 is 2.09 bits per heavy atom. The fourth-order valence-electron chi connectivity index (χ4n) is 0.567. The minimum Gasteiger partial charge on any atom is -0.810 e. The van der Waals surface area contributed by atoms with Crippen LogP contribution in [0.2, 0.25) is 0 Å². The van der Waals surface area contributed by atoms with Gasteiger partial charge in [0.05, 0.1) is 0 Å². The van der Waals surface area contributed by atoms with Crippen LogP contribution in [-0.2, 0) is 0 Å². The minimum absolute atomic E-state index is 0. The van der Waals surface area contributed by atoms with Gasteiger partial charge in [-0.05, 0) is 12.1 Å². The van der Waals surface area contributed by atoms with Gasteiger partial charge in [0.15, 0.2) is 0 Å². The first-order valence-corrected chi connectivity index (χ1v) is 3.76. The summed E-state index contributed by atoms with van der Waals surface area (Å²) in [5.74, 6) is 0.346. The van der Waals surface area contributed by atoms with Crippen molar-refractivity contribution in [2.24, 2.45) is 0 Å². The molecule has 1 rings (SSSR count). The fraction of sp³-hybridized carbons (Fsp3) is 0. The topological polar surface area (TPSA) is 55.3 Å². The molecule has 0 radical (unpaired) electrons. The van der Waals surface area contributed by atoms with E-state index in [1.807, 2.05) is 0 Å². The van der Waals surface area contributed by atoms with Crippen molar-refractivity contribution in [1.82, 2.24) is 0 Å². The molecule has 0 N–H and O–H groups in total. The summed E-state index contributed by atoms with van der Waals surface area (Å²) in [6, 6.07) is 8.34. The van der Waals surface area contributed by atoms with E-state index in [1.54, 1.807) is 30.3 Å². The molecule has 3 nitrogen and oxygen atoms in total. The van der Waals surface area contributed by atoms with Crippen LogP contribution in [0.4, 0.5) is 0 Å². The second-order valence-electron chi connectivity index (χ2n) is 1.63. The molecule has 0 aliphatic rings. The van der Waals surface area contributed by atoms with Gasteiger partial charge in [-0.1, -0.05) is 26.8 Å². The summed E-state index contributed by atoms with van der Waals surface area (Å²) in [7, 11) is -2.78. The zero-order valence-electron chi connectivity index (χ0n) is 5.77. The summed E-state index contributed by atoms with van der Waals surface area (Å²) in [5, 5.41) is 0. The van der Waals surface area contributed by atoms with Crippen molar-refractivity contribution in [1.29, 1.82) is 0 Å². The molecule has 54 valence electrons. The molecular weight excluding hydrogens is 191 g/mol. The normalized spacial score (nSPS) is 9.00. The Morgan fingerprint density at radius 1 is 1.09 bits per heavy atom. The van der Waals surface area contributed by atoms with Crippen LogP contribution in [-0.4, -0.2) is 37.7 Å². The number of hydrogen-bond donors (Lipinski definition) is 0. The van der Waals surface area contributed by atoms with Crippen molar-refractivity contribution < 1.29 is 14.3 Å². The van der Waals surface area contributed by atoms with Crippen LogP contribution in [0.5, 0.6) is 5.75 Å². The van der Waals surface area contributed by atoms with E-state index in [1.165, 1.54) is 0 Å². The monoisotopic (exact) mass is 196 g/mol. The van der Waals surface area contributed by atoms with Crippen molar-refractivity contribution in [3.8, 4) is 5.75 Å². The van der Waals surface area contributed by atoms with Gasteiger partial charge in [-0.25, -0.2) is 0 Å². The molecule has 11 heavy (non-hydrogen) atoms. The summed E-state index contributed by atoms with van der Waals surface area (Å²) in [5.41, 5.74) is 0. The average molecular weight is 196 g/mol. The number of hydrogen-bond acceptors (Lipinski definition) is 3. The van der Waals surface area contributed by atoms with Gasteiger partial charge in [-0.3, -0.25) is 0 Å². The van der Waals surface area contributed by atoms with Crippen molar-refractivity contribution in [2.75, 3.05) is 0 Å². The Bertz CT molecular complexity index is 192. The predicted octanol–water partition coefficient (Wildman–Crippen LogP) is -0.368. The predicted molar refractivity (Wildman–Crippen MR) is 39.7 cm³/mol. The first-order valence-electron chi connectivity index (χ1n) is 2.66. The van der Waals surface area contributed by atoms with E-state index < -0.39 is 8.60 Å². The van der Waals surface area contributed by atoms with E-state index in [0.717, 1.165) is 0 Å². The van der Waals surface area contributed by atoms with Crippen LogP contribution in [0.1, 0.15) is 0 Å². The van der Waals surface area contributed by atoms with E-state index >= 15 is 0 Å². The molecule has 0 heterocycles. The average Bonchev–Trinajstić information content (AvgIpc) is 1.88. The number of benzene rings is 1. The molecule has 0 fully saturated rings. The molecule has 1 aromatic carbocycles. The van der Waals surface area contributed by atoms with Gasteiger partial charge >= 0.3 is 37.7 Å².